The summed E-state index contributed by atoms with van der Waals surface area (Å²) in [7, 11) is -4.00. The van der Waals surface area contributed by atoms with Crippen LogP contribution in [0.1, 0.15) is 79.0 Å². The van der Waals surface area contributed by atoms with Crippen molar-refractivity contribution < 1.29 is 17.9 Å². The fourth-order valence-corrected chi connectivity index (χ4v) is 7.61. The molecule has 0 radical (unpaired) electrons. The molecule has 1 saturated carbocycles. The van der Waals surface area contributed by atoms with Gasteiger partial charge in [-0.1, -0.05) is 49.3 Å². The van der Waals surface area contributed by atoms with Gasteiger partial charge in [-0.15, -0.1) is 0 Å². The number of rotatable bonds is 7. The van der Waals surface area contributed by atoms with Gasteiger partial charge in [-0.3, -0.25) is 9.71 Å². The lowest BCUT2D eigenvalue weighted by Gasteiger charge is -2.22. The lowest BCUT2D eigenvalue weighted by Crippen LogP contribution is -2.22. The Morgan fingerprint density at radius 2 is 1.85 bits per heavy atom. The number of allylic oxidation sites excluding steroid dienone is 4. The molecule has 0 aliphatic heterocycles. The fraction of sp³-hybridized carbons (Fsp3) is 0.344. The molecule has 41 heavy (non-hydrogen) atoms. The zero-order valence-corrected chi connectivity index (χ0v) is 24.3. The minimum Gasteiger partial charge on any atom is -0.507 e. The Balaban J connectivity index is 1.33. The number of nitrogens with zero attached hydrogens (tertiary/aromatic N) is 1. The van der Waals surface area contributed by atoms with Crippen LogP contribution in [0.25, 0.3) is 5.57 Å². The summed E-state index contributed by atoms with van der Waals surface area (Å²) in [6, 6.07) is 12.5. The van der Waals surface area contributed by atoms with Gasteiger partial charge in [0.25, 0.3) is 10.0 Å². The van der Waals surface area contributed by atoms with E-state index in [1.165, 1.54) is 0 Å². The van der Waals surface area contributed by atoms with Crippen molar-refractivity contribution >= 4 is 38.4 Å². The molecule has 2 heterocycles. The van der Waals surface area contributed by atoms with Crippen molar-refractivity contribution in [3.05, 3.63) is 104 Å². The van der Waals surface area contributed by atoms with Crippen molar-refractivity contribution in [2.24, 2.45) is 5.92 Å². The highest BCUT2D eigenvalue weighted by molar-refractivity contribution is 7.99. The van der Waals surface area contributed by atoms with Gasteiger partial charge in [0, 0.05) is 41.1 Å². The third kappa shape index (κ3) is 5.78. The number of hydrogen-bond donors (Lipinski definition) is 2. The summed E-state index contributed by atoms with van der Waals surface area (Å²) < 4.78 is 35.6. The van der Waals surface area contributed by atoms with E-state index in [2.05, 4.69) is 9.71 Å². The van der Waals surface area contributed by atoms with Crippen molar-refractivity contribution in [1.82, 2.24) is 4.98 Å². The topological polar surface area (TPSA) is 109 Å². The molecule has 0 saturated heterocycles. The monoisotopic (exact) mass is 588 g/mol. The van der Waals surface area contributed by atoms with Crippen LogP contribution in [0.3, 0.4) is 0 Å². The molecule has 0 amide bonds. The first kappa shape index (κ1) is 27.6. The number of aromatic hydroxyl groups is 1. The maximum atomic E-state index is 13.5. The van der Waals surface area contributed by atoms with Crippen LogP contribution in [0, 0.1) is 5.92 Å². The summed E-state index contributed by atoms with van der Waals surface area (Å²) >= 11 is 5.44. The lowest BCUT2D eigenvalue weighted by atomic mass is 9.85. The smallest absolute Gasteiger partial charge is 0.343 e. The first-order valence-electron chi connectivity index (χ1n) is 14.2. The van der Waals surface area contributed by atoms with E-state index in [1.807, 2.05) is 24.3 Å². The molecule has 3 aliphatic rings. The van der Waals surface area contributed by atoms with Crippen LogP contribution in [0.2, 0.25) is 0 Å². The van der Waals surface area contributed by atoms with Crippen LogP contribution in [0.15, 0.2) is 74.9 Å². The molecular weight excluding hydrogens is 556 g/mol. The molecule has 7 nitrogen and oxygen atoms in total. The molecule has 2 N–H and O–H groups in total. The summed E-state index contributed by atoms with van der Waals surface area (Å²) in [6.45, 7) is 0. The minimum atomic E-state index is -4.00. The van der Waals surface area contributed by atoms with Crippen molar-refractivity contribution in [2.75, 3.05) is 4.72 Å². The van der Waals surface area contributed by atoms with Crippen LogP contribution < -0.4 is 10.3 Å². The van der Waals surface area contributed by atoms with Gasteiger partial charge < -0.3 is 9.52 Å². The quantitative estimate of drug-likeness (QED) is 0.306. The fourth-order valence-electron chi connectivity index (χ4n) is 5.93. The normalized spacial score (nSPS) is 18.4. The van der Waals surface area contributed by atoms with E-state index in [0.717, 1.165) is 49.7 Å². The Morgan fingerprint density at radius 1 is 1.05 bits per heavy atom. The van der Waals surface area contributed by atoms with E-state index in [9.17, 15) is 18.3 Å². The summed E-state index contributed by atoms with van der Waals surface area (Å²) in [5.41, 5.74) is 3.02. The van der Waals surface area contributed by atoms with Crippen LogP contribution in [0.5, 0.6) is 5.75 Å². The predicted molar refractivity (Wildman–Crippen MR) is 164 cm³/mol. The highest BCUT2D eigenvalue weighted by atomic mass is 32.2. The number of anilines is 1. The largest absolute Gasteiger partial charge is 0.507 e. The molecule has 1 unspecified atom stereocenters. The van der Waals surface area contributed by atoms with Gasteiger partial charge in [-0.05, 0) is 79.5 Å². The van der Waals surface area contributed by atoms with Crippen molar-refractivity contribution in [3.63, 3.8) is 0 Å². The van der Waals surface area contributed by atoms with Crippen molar-refractivity contribution in [2.45, 2.75) is 63.7 Å². The summed E-state index contributed by atoms with van der Waals surface area (Å²) in [5, 5.41) is 11.4. The van der Waals surface area contributed by atoms with Gasteiger partial charge in [-0.2, -0.15) is 0 Å². The van der Waals surface area contributed by atoms with Gasteiger partial charge in [0.2, 0.25) is 0 Å². The van der Waals surface area contributed by atoms with E-state index in [-0.39, 0.29) is 28.1 Å². The molecule has 0 spiro atoms. The zero-order valence-electron chi connectivity index (χ0n) is 22.6. The number of pyridine rings is 1. The number of aryl methyl sites for hydroxylation is 1. The molecule has 0 bridgehead atoms. The standard InChI is InChI=1S/C32H32N2O5S2/c35-31-24-10-3-1-2-4-12-26(24)39-32(36)30(31)29(20-13-14-20)22-8-7-9-23(18-22)34-41(37,38)28-19-21(15-16-27(28)40)25-11-5-6-17-33-25/h5-9,11,15,17-20,29,34-35H,1-4,10,12-14,16H2. The number of fused-ring (bicyclic) bond motifs is 1. The van der Waals surface area contributed by atoms with Crippen LogP contribution in [0.4, 0.5) is 5.69 Å². The zero-order chi connectivity index (χ0) is 28.6. The number of benzene rings is 1. The number of aromatic nitrogens is 1. The maximum absolute atomic E-state index is 13.5. The summed E-state index contributed by atoms with van der Waals surface area (Å²) in [6.07, 6.45) is 12.6. The van der Waals surface area contributed by atoms with Gasteiger partial charge in [0.15, 0.2) is 0 Å². The van der Waals surface area contributed by atoms with Crippen LogP contribution in [-0.2, 0) is 22.9 Å². The highest BCUT2D eigenvalue weighted by Crippen LogP contribution is 2.49. The first-order chi connectivity index (χ1) is 19.8. The van der Waals surface area contributed by atoms with Crippen LogP contribution in [-0.4, -0.2) is 23.4 Å². The van der Waals surface area contributed by atoms with Gasteiger partial charge in [0.1, 0.15) is 16.4 Å². The summed E-state index contributed by atoms with van der Waals surface area (Å²) in [4.78, 5) is 18.0. The molecule has 1 fully saturated rings. The van der Waals surface area contributed by atoms with E-state index in [1.54, 1.807) is 36.5 Å². The van der Waals surface area contributed by atoms with Crippen molar-refractivity contribution in [3.8, 4) is 5.75 Å². The summed E-state index contributed by atoms with van der Waals surface area (Å²) in [5.74, 6) is 0.428. The minimum absolute atomic E-state index is 0.0414. The predicted octanol–water partition coefficient (Wildman–Crippen LogP) is 6.42. The highest BCUT2D eigenvalue weighted by Gasteiger charge is 2.38. The Hall–Kier alpha value is -3.56. The van der Waals surface area contributed by atoms with Crippen molar-refractivity contribution in [1.29, 1.82) is 0 Å². The SMILES string of the molecule is O=c1oc2c(c(O)c1C(c1cccc(NS(=O)(=O)C3=CC(c4ccccn4)=CCC3=S)c1)C1CC1)CCCCCC2. The number of sulfonamides is 1. The van der Waals surface area contributed by atoms with E-state index in [0.29, 0.717) is 46.8 Å². The maximum Gasteiger partial charge on any atom is 0.343 e. The molecule has 3 aliphatic carbocycles. The van der Waals surface area contributed by atoms with Gasteiger partial charge in [-0.25, -0.2) is 13.2 Å². The average Bonchev–Trinajstić information content (AvgIpc) is 3.78. The number of hydrogen-bond acceptors (Lipinski definition) is 7. The number of nitrogens with one attached hydrogen (secondary N) is 1. The Bertz CT molecular complexity index is 1720. The van der Waals surface area contributed by atoms with Gasteiger partial charge in [0.05, 0.1) is 11.3 Å². The van der Waals surface area contributed by atoms with E-state index < -0.39 is 15.6 Å². The number of thiocarbonyl (C=S) groups is 1. The third-order valence-corrected chi connectivity index (χ3v) is 10.1. The molecule has 9 heteroatoms. The van der Waals surface area contributed by atoms with Crippen LogP contribution >= 0.6 is 12.2 Å². The second kappa shape index (κ2) is 11.4. The molecule has 212 valence electrons. The second-order valence-electron chi connectivity index (χ2n) is 11.0. The molecule has 1 atom stereocenters. The van der Waals surface area contributed by atoms with E-state index >= 15 is 0 Å². The van der Waals surface area contributed by atoms with Gasteiger partial charge >= 0.3 is 5.63 Å². The molecule has 3 aromatic rings. The molecule has 6 rings (SSSR count). The first-order valence-corrected chi connectivity index (χ1v) is 16.1. The molecular formula is C32H32N2O5S2. The lowest BCUT2D eigenvalue weighted by molar-refractivity contribution is 0.382. The average molecular weight is 589 g/mol. The third-order valence-electron chi connectivity index (χ3n) is 8.12. The molecule has 1 aromatic carbocycles. The second-order valence-corrected chi connectivity index (χ2v) is 13.2. The Kier molecular flexibility index (Phi) is 7.66. The Morgan fingerprint density at radius 3 is 2.61 bits per heavy atom. The van der Waals surface area contributed by atoms with E-state index in [4.69, 9.17) is 16.6 Å². The molecule has 2 aromatic heterocycles. The Labute approximate surface area is 245 Å².